The molecule has 4 rings (SSSR count). The molecule has 3 aromatic rings. The van der Waals surface area contributed by atoms with E-state index in [0.29, 0.717) is 5.82 Å². The van der Waals surface area contributed by atoms with Crippen molar-refractivity contribution >= 4 is 23.0 Å². The van der Waals surface area contributed by atoms with Crippen molar-refractivity contribution in [2.24, 2.45) is 0 Å². The molecular weight excluding hydrogens is 278 g/mol. The summed E-state index contributed by atoms with van der Waals surface area (Å²) >= 11 is 0. The lowest BCUT2D eigenvalue weighted by Gasteiger charge is -2.16. The van der Waals surface area contributed by atoms with Gasteiger partial charge in [0.1, 0.15) is 23.7 Å². The first-order chi connectivity index (χ1) is 10.8. The maximum atomic E-state index is 4.75. The van der Waals surface area contributed by atoms with Crippen molar-refractivity contribution in [3.05, 3.63) is 43.8 Å². The van der Waals surface area contributed by atoms with Gasteiger partial charge in [0, 0.05) is 31.7 Å². The number of imidazole rings is 1. The minimum absolute atomic E-state index is 0.709. The Bertz CT molecular complexity index is 797. The number of nitrogens with one attached hydrogen (secondary N) is 1. The van der Waals surface area contributed by atoms with Gasteiger partial charge >= 0.3 is 0 Å². The van der Waals surface area contributed by atoms with Crippen LogP contribution in [0, 0.1) is 0 Å². The van der Waals surface area contributed by atoms with Gasteiger partial charge in [-0.2, -0.15) is 5.10 Å². The first-order valence-corrected chi connectivity index (χ1v) is 7.35. The van der Waals surface area contributed by atoms with Crippen LogP contribution in [0.2, 0.25) is 0 Å². The van der Waals surface area contributed by atoms with Gasteiger partial charge in [-0.25, -0.2) is 14.5 Å². The third-order valence-corrected chi connectivity index (χ3v) is 3.88. The van der Waals surface area contributed by atoms with E-state index in [9.17, 15) is 0 Å². The molecule has 22 heavy (non-hydrogen) atoms. The molecule has 0 aromatic carbocycles. The predicted octanol–water partition coefficient (Wildman–Crippen LogP) is 2.07. The fraction of sp³-hybridized carbons (Fsp3) is 0.267. The van der Waals surface area contributed by atoms with Crippen LogP contribution in [0.5, 0.6) is 0 Å². The van der Waals surface area contributed by atoms with Crippen molar-refractivity contribution in [3.8, 4) is 0 Å². The number of hydrogen-bond donors (Lipinski definition) is 1. The van der Waals surface area contributed by atoms with Crippen LogP contribution in [0.3, 0.4) is 0 Å². The lowest BCUT2D eigenvalue weighted by Crippen LogP contribution is -2.19. The molecule has 7 heteroatoms. The third kappa shape index (κ3) is 2.20. The smallest absolute Gasteiger partial charge is 0.180 e. The van der Waals surface area contributed by atoms with Crippen LogP contribution in [0.25, 0.3) is 11.5 Å². The Morgan fingerprint density at radius 3 is 2.86 bits per heavy atom. The van der Waals surface area contributed by atoms with Crippen LogP contribution in [-0.2, 0) is 0 Å². The average molecular weight is 295 g/mol. The highest BCUT2D eigenvalue weighted by molar-refractivity contribution is 5.76. The Morgan fingerprint density at radius 2 is 2.09 bits per heavy atom. The summed E-state index contributed by atoms with van der Waals surface area (Å²) in [6.45, 7) is 6.16. The SMILES string of the molecule is C=C(Nc1cnn2ccc(N3CCCC3)nc12)n1ccnc1. The monoisotopic (exact) mass is 295 g/mol. The number of hydrogen-bond acceptors (Lipinski definition) is 5. The second kappa shape index (κ2) is 5.18. The Hall–Kier alpha value is -2.83. The Kier molecular flexibility index (Phi) is 3.03. The Balaban J connectivity index is 1.65. The van der Waals surface area contributed by atoms with E-state index in [-0.39, 0.29) is 0 Å². The van der Waals surface area contributed by atoms with Crippen molar-refractivity contribution in [2.45, 2.75) is 12.8 Å². The van der Waals surface area contributed by atoms with E-state index < -0.39 is 0 Å². The van der Waals surface area contributed by atoms with E-state index in [1.165, 1.54) is 12.8 Å². The maximum absolute atomic E-state index is 4.75. The highest BCUT2D eigenvalue weighted by Crippen LogP contribution is 2.22. The van der Waals surface area contributed by atoms with Crippen molar-refractivity contribution < 1.29 is 0 Å². The summed E-state index contributed by atoms with van der Waals surface area (Å²) in [5.41, 5.74) is 1.63. The number of anilines is 2. The number of fused-ring (bicyclic) bond motifs is 1. The predicted molar refractivity (Wildman–Crippen MR) is 85.6 cm³/mol. The number of aromatic nitrogens is 5. The van der Waals surface area contributed by atoms with E-state index in [1.54, 1.807) is 23.2 Å². The second-order valence-electron chi connectivity index (χ2n) is 5.35. The van der Waals surface area contributed by atoms with Gasteiger partial charge in [-0.05, 0) is 18.9 Å². The molecule has 0 amide bonds. The lowest BCUT2D eigenvalue weighted by molar-refractivity contribution is 0.899. The molecule has 1 fully saturated rings. The number of rotatable bonds is 4. The maximum Gasteiger partial charge on any atom is 0.180 e. The van der Waals surface area contributed by atoms with Crippen molar-refractivity contribution in [1.82, 2.24) is 24.1 Å². The van der Waals surface area contributed by atoms with Gasteiger partial charge in [0.2, 0.25) is 0 Å². The fourth-order valence-electron chi connectivity index (χ4n) is 2.71. The molecule has 0 aliphatic carbocycles. The summed E-state index contributed by atoms with van der Waals surface area (Å²) in [6.07, 6.45) is 11.4. The molecule has 1 aliphatic heterocycles. The van der Waals surface area contributed by atoms with Gasteiger partial charge in [0.05, 0.1) is 6.20 Å². The van der Waals surface area contributed by atoms with Crippen molar-refractivity contribution in [3.63, 3.8) is 0 Å². The molecule has 112 valence electrons. The normalized spacial score (nSPS) is 14.6. The zero-order valence-corrected chi connectivity index (χ0v) is 12.2. The summed E-state index contributed by atoms with van der Waals surface area (Å²) in [6, 6.07) is 2.01. The van der Waals surface area contributed by atoms with Crippen LogP contribution in [0.1, 0.15) is 12.8 Å². The molecule has 0 saturated carbocycles. The summed E-state index contributed by atoms with van der Waals surface area (Å²) < 4.78 is 3.58. The molecular formula is C15H17N7. The van der Waals surface area contributed by atoms with Crippen LogP contribution in [0.4, 0.5) is 11.5 Å². The number of nitrogens with zero attached hydrogens (tertiary/aromatic N) is 6. The van der Waals surface area contributed by atoms with Crippen molar-refractivity contribution in [2.75, 3.05) is 23.3 Å². The molecule has 0 atom stereocenters. The summed E-state index contributed by atoms with van der Waals surface area (Å²) in [5.74, 6) is 1.71. The minimum Gasteiger partial charge on any atom is -0.356 e. The van der Waals surface area contributed by atoms with Gasteiger partial charge in [-0.15, -0.1) is 0 Å². The Morgan fingerprint density at radius 1 is 1.23 bits per heavy atom. The molecule has 1 aliphatic rings. The molecule has 1 N–H and O–H groups in total. The molecule has 0 bridgehead atoms. The summed E-state index contributed by atoms with van der Waals surface area (Å²) in [5, 5.41) is 7.58. The van der Waals surface area contributed by atoms with E-state index in [2.05, 4.69) is 26.9 Å². The van der Waals surface area contributed by atoms with E-state index in [0.717, 1.165) is 30.2 Å². The fourth-order valence-corrected chi connectivity index (χ4v) is 2.71. The van der Waals surface area contributed by atoms with Gasteiger partial charge in [-0.3, -0.25) is 4.57 Å². The van der Waals surface area contributed by atoms with Gasteiger partial charge in [0.25, 0.3) is 0 Å². The molecule has 1 saturated heterocycles. The molecule has 4 heterocycles. The van der Waals surface area contributed by atoms with Crippen LogP contribution >= 0.6 is 0 Å². The van der Waals surface area contributed by atoms with Gasteiger partial charge < -0.3 is 10.2 Å². The second-order valence-corrected chi connectivity index (χ2v) is 5.35. The van der Waals surface area contributed by atoms with E-state index >= 15 is 0 Å². The van der Waals surface area contributed by atoms with Crippen LogP contribution in [0.15, 0.2) is 43.8 Å². The lowest BCUT2D eigenvalue weighted by atomic mass is 10.4. The van der Waals surface area contributed by atoms with E-state index in [1.807, 2.05) is 23.0 Å². The summed E-state index contributed by atoms with van der Waals surface area (Å²) in [7, 11) is 0. The molecule has 0 radical (unpaired) electrons. The van der Waals surface area contributed by atoms with Crippen LogP contribution in [-0.4, -0.2) is 37.2 Å². The topological polar surface area (TPSA) is 63.3 Å². The highest BCUT2D eigenvalue weighted by Gasteiger charge is 2.15. The first-order valence-electron chi connectivity index (χ1n) is 7.35. The highest BCUT2D eigenvalue weighted by atomic mass is 15.3. The quantitative estimate of drug-likeness (QED) is 0.798. The third-order valence-electron chi connectivity index (χ3n) is 3.88. The largest absolute Gasteiger partial charge is 0.356 e. The van der Waals surface area contributed by atoms with E-state index in [4.69, 9.17) is 4.98 Å². The van der Waals surface area contributed by atoms with Crippen LogP contribution < -0.4 is 10.2 Å². The molecule has 3 aromatic heterocycles. The molecule has 7 nitrogen and oxygen atoms in total. The average Bonchev–Trinajstić information content (AvgIpc) is 3.29. The molecule has 0 unspecified atom stereocenters. The standard InChI is InChI=1S/C15H17N7/c1-12(21-9-5-16-11-21)18-13-10-17-22-8-4-14(19-15(13)22)20-6-2-3-7-20/h4-5,8-11,18H,1-3,6-7H2. The van der Waals surface area contributed by atoms with Crippen molar-refractivity contribution in [1.29, 1.82) is 0 Å². The molecule has 0 spiro atoms. The van der Waals surface area contributed by atoms with Gasteiger partial charge in [0.15, 0.2) is 5.65 Å². The zero-order chi connectivity index (χ0) is 14.9. The zero-order valence-electron chi connectivity index (χ0n) is 12.2. The van der Waals surface area contributed by atoms with Gasteiger partial charge in [-0.1, -0.05) is 6.58 Å². The first kappa shape index (κ1) is 12.9. The minimum atomic E-state index is 0.709. The Labute approximate surface area is 127 Å². The summed E-state index contributed by atoms with van der Waals surface area (Å²) in [4.78, 5) is 11.1.